The third-order valence-electron chi connectivity index (χ3n) is 3.85. The second kappa shape index (κ2) is 7.02. The van der Waals surface area contributed by atoms with Crippen LogP contribution >= 0.6 is 11.6 Å². The number of aliphatic hydroxyl groups is 1. The molecule has 3 rings (SSSR count). The minimum atomic E-state index is -0.598. The molecule has 0 aromatic carbocycles. The van der Waals surface area contributed by atoms with Crippen LogP contribution < -0.4 is 10.2 Å². The Morgan fingerprint density at radius 3 is 2.87 bits per heavy atom. The number of hydrogen-bond acceptors (Lipinski definition) is 5. The zero-order valence-electron chi connectivity index (χ0n) is 12.5. The topological polar surface area (TPSA) is 78.6 Å². The molecule has 1 aliphatic heterocycles. The fourth-order valence-corrected chi connectivity index (χ4v) is 2.86. The van der Waals surface area contributed by atoms with Gasteiger partial charge in [-0.15, -0.1) is 0 Å². The summed E-state index contributed by atoms with van der Waals surface area (Å²) in [5.41, 5.74) is 0.414. The average Bonchev–Trinajstić information content (AvgIpc) is 3.24. The lowest BCUT2D eigenvalue weighted by atomic mass is 10.2. The average molecular weight is 336 g/mol. The van der Waals surface area contributed by atoms with Crippen LogP contribution in [0.25, 0.3) is 0 Å². The van der Waals surface area contributed by atoms with E-state index >= 15 is 0 Å². The van der Waals surface area contributed by atoms with Crippen LogP contribution in [0.15, 0.2) is 34.9 Å². The summed E-state index contributed by atoms with van der Waals surface area (Å²) < 4.78 is 5.23. The highest BCUT2D eigenvalue weighted by Gasteiger charge is 2.20. The lowest BCUT2D eigenvalue weighted by molar-refractivity contribution is 0.0907. The second-order valence-corrected chi connectivity index (χ2v) is 5.84. The Morgan fingerprint density at radius 1 is 1.43 bits per heavy atom. The monoisotopic (exact) mass is 335 g/mol. The Morgan fingerprint density at radius 2 is 2.22 bits per heavy atom. The van der Waals surface area contributed by atoms with E-state index in [0.717, 1.165) is 25.9 Å². The number of halogens is 1. The van der Waals surface area contributed by atoms with Gasteiger partial charge in [-0.1, -0.05) is 11.6 Å². The van der Waals surface area contributed by atoms with Gasteiger partial charge in [-0.3, -0.25) is 4.79 Å². The highest BCUT2D eigenvalue weighted by Crippen LogP contribution is 2.22. The molecule has 1 saturated heterocycles. The van der Waals surface area contributed by atoms with E-state index in [1.54, 1.807) is 18.2 Å². The van der Waals surface area contributed by atoms with Crippen LogP contribution in [0.4, 0.5) is 5.82 Å². The Bertz CT molecular complexity index is 669. The zero-order valence-corrected chi connectivity index (χ0v) is 13.3. The van der Waals surface area contributed by atoms with Gasteiger partial charge < -0.3 is 19.7 Å². The van der Waals surface area contributed by atoms with Crippen molar-refractivity contribution in [3.05, 3.63) is 47.0 Å². The summed E-state index contributed by atoms with van der Waals surface area (Å²) in [4.78, 5) is 18.9. The van der Waals surface area contributed by atoms with Gasteiger partial charge in [0, 0.05) is 18.7 Å². The van der Waals surface area contributed by atoms with E-state index in [-0.39, 0.29) is 17.7 Å². The molecule has 122 valence electrons. The summed E-state index contributed by atoms with van der Waals surface area (Å²) in [6, 6.07) is 6.06. The summed E-state index contributed by atoms with van der Waals surface area (Å²) in [5.74, 6) is 0.879. The maximum Gasteiger partial charge on any atom is 0.252 e. The molecule has 1 amide bonds. The number of hydrogen-bond donors (Lipinski definition) is 2. The number of rotatable bonds is 5. The molecule has 3 heterocycles. The van der Waals surface area contributed by atoms with Gasteiger partial charge >= 0.3 is 0 Å². The van der Waals surface area contributed by atoms with Gasteiger partial charge in [0.05, 0.1) is 12.9 Å². The first-order chi connectivity index (χ1) is 11.2. The summed E-state index contributed by atoms with van der Waals surface area (Å²) >= 11 is 6.06. The third-order valence-corrected chi connectivity index (χ3v) is 4.04. The Balaban J connectivity index is 1.78. The van der Waals surface area contributed by atoms with Crippen molar-refractivity contribution in [1.29, 1.82) is 0 Å². The molecule has 0 spiro atoms. The molecule has 0 aliphatic carbocycles. The van der Waals surface area contributed by atoms with Gasteiger partial charge in [-0.25, -0.2) is 4.98 Å². The van der Waals surface area contributed by atoms with Gasteiger partial charge in [0.1, 0.15) is 22.8 Å². The molecule has 2 aromatic rings. The Hall–Kier alpha value is -2.05. The van der Waals surface area contributed by atoms with Crippen molar-refractivity contribution >= 4 is 23.3 Å². The highest BCUT2D eigenvalue weighted by molar-refractivity contribution is 6.29. The third kappa shape index (κ3) is 3.65. The Labute approximate surface area is 139 Å². The van der Waals surface area contributed by atoms with E-state index in [2.05, 4.69) is 15.2 Å². The predicted molar refractivity (Wildman–Crippen MR) is 86.7 cm³/mol. The van der Waals surface area contributed by atoms with Crippen LogP contribution in [0.2, 0.25) is 5.15 Å². The number of nitrogens with one attached hydrogen (secondary N) is 1. The lowest BCUT2D eigenvalue weighted by Gasteiger charge is -2.18. The molecule has 6 nitrogen and oxygen atoms in total. The number of pyridine rings is 1. The first kappa shape index (κ1) is 15.8. The van der Waals surface area contributed by atoms with Gasteiger partial charge in [0.15, 0.2) is 0 Å². The normalized spacial score (nSPS) is 15.7. The first-order valence-electron chi connectivity index (χ1n) is 7.55. The second-order valence-electron chi connectivity index (χ2n) is 5.45. The van der Waals surface area contributed by atoms with Crippen LogP contribution in [-0.2, 0) is 0 Å². The molecule has 2 N–H and O–H groups in total. The summed E-state index contributed by atoms with van der Waals surface area (Å²) in [5, 5.41) is 12.5. The van der Waals surface area contributed by atoms with E-state index < -0.39 is 6.04 Å². The van der Waals surface area contributed by atoms with Crippen molar-refractivity contribution in [3.63, 3.8) is 0 Å². The van der Waals surface area contributed by atoms with Crippen molar-refractivity contribution in [2.24, 2.45) is 0 Å². The fraction of sp³-hybridized carbons (Fsp3) is 0.375. The lowest BCUT2D eigenvalue weighted by Crippen LogP contribution is -2.31. The maximum absolute atomic E-state index is 12.5. The number of amides is 1. The van der Waals surface area contributed by atoms with E-state index in [1.165, 1.54) is 12.3 Å². The molecule has 0 saturated carbocycles. The molecular weight excluding hydrogens is 318 g/mol. The number of aromatic nitrogens is 1. The quantitative estimate of drug-likeness (QED) is 0.820. The molecule has 1 fully saturated rings. The summed E-state index contributed by atoms with van der Waals surface area (Å²) in [7, 11) is 0. The largest absolute Gasteiger partial charge is 0.467 e. The van der Waals surface area contributed by atoms with Crippen molar-refractivity contribution < 1.29 is 14.3 Å². The predicted octanol–water partition coefficient (Wildman–Crippen LogP) is 2.39. The molecule has 7 heteroatoms. The van der Waals surface area contributed by atoms with Crippen molar-refractivity contribution in [1.82, 2.24) is 10.3 Å². The van der Waals surface area contributed by atoms with Crippen LogP contribution in [0.1, 0.15) is 35.0 Å². The summed E-state index contributed by atoms with van der Waals surface area (Å²) in [6.07, 6.45) is 3.72. The number of nitrogens with zero attached hydrogens (tertiary/aromatic N) is 2. The van der Waals surface area contributed by atoms with Crippen LogP contribution in [0, 0.1) is 0 Å². The first-order valence-corrected chi connectivity index (χ1v) is 7.93. The van der Waals surface area contributed by atoms with Crippen LogP contribution in [0.5, 0.6) is 0 Å². The van der Waals surface area contributed by atoms with E-state index in [0.29, 0.717) is 17.1 Å². The number of furan rings is 1. The van der Waals surface area contributed by atoms with Gasteiger partial charge in [0.2, 0.25) is 0 Å². The minimum Gasteiger partial charge on any atom is -0.467 e. The highest BCUT2D eigenvalue weighted by atomic mass is 35.5. The van der Waals surface area contributed by atoms with Crippen molar-refractivity contribution in [3.8, 4) is 0 Å². The molecule has 1 unspecified atom stereocenters. The molecular formula is C16H18ClN3O3. The molecule has 1 aliphatic rings. The number of anilines is 1. The van der Waals surface area contributed by atoms with Gasteiger partial charge in [-0.05, 0) is 37.1 Å². The molecule has 2 aromatic heterocycles. The number of carbonyl (C=O) groups is 1. The molecule has 23 heavy (non-hydrogen) atoms. The van der Waals surface area contributed by atoms with E-state index in [1.807, 2.05) is 0 Å². The van der Waals surface area contributed by atoms with Gasteiger partial charge in [0.25, 0.3) is 5.91 Å². The standard InChI is InChI=1S/C16H18ClN3O3/c17-14-8-11(9-15(19-14)20-5-1-2-6-20)16(22)18-12(10-21)13-4-3-7-23-13/h3-4,7-9,12,21H,1-2,5-6,10H2,(H,18,22). The zero-order chi connectivity index (χ0) is 16.2. The van der Waals surface area contributed by atoms with Crippen LogP contribution in [0.3, 0.4) is 0 Å². The number of aliphatic hydroxyl groups excluding tert-OH is 1. The summed E-state index contributed by atoms with van der Waals surface area (Å²) in [6.45, 7) is 1.58. The maximum atomic E-state index is 12.5. The molecule has 0 bridgehead atoms. The number of carbonyl (C=O) groups excluding carboxylic acids is 1. The minimum absolute atomic E-state index is 0.253. The molecule has 1 atom stereocenters. The SMILES string of the molecule is O=C(NC(CO)c1ccco1)c1cc(Cl)nc(N2CCCC2)c1. The fourth-order valence-electron chi connectivity index (χ4n) is 2.66. The molecule has 0 radical (unpaired) electrons. The van der Waals surface area contributed by atoms with E-state index in [9.17, 15) is 9.90 Å². The van der Waals surface area contributed by atoms with Crippen molar-refractivity contribution in [2.45, 2.75) is 18.9 Å². The van der Waals surface area contributed by atoms with E-state index in [4.69, 9.17) is 16.0 Å². The Kier molecular flexibility index (Phi) is 4.83. The van der Waals surface area contributed by atoms with Gasteiger partial charge in [-0.2, -0.15) is 0 Å². The van der Waals surface area contributed by atoms with Crippen molar-refractivity contribution in [2.75, 3.05) is 24.6 Å². The van der Waals surface area contributed by atoms with Crippen LogP contribution in [-0.4, -0.2) is 35.7 Å². The smallest absolute Gasteiger partial charge is 0.252 e.